The summed E-state index contributed by atoms with van der Waals surface area (Å²) in [6.45, 7) is 4.98. The fraction of sp³-hybridized carbons (Fsp3) is 0.923. The summed E-state index contributed by atoms with van der Waals surface area (Å²) in [6.07, 6.45) is 7.29. The maximum absolute atomic E-state index is 5.97. The summed E-state index contributed by atoms with van der Waals surface area (Å²) in [4.78, 5) is 3.08. The first kappa shape index (κ1) is 13.2. The molecule has 2 rings (SSSR count). The lowest BCUT2D eigenvalue weighted by atomic mass is 9.73. The van der Waals surface area contributed by atoms with E-state index in [0.717, 1.165) is 32.5 Å². The van der Waals surface area contributed by atoms with Crippen LogP contribution in [0.1, 0.15) is 45.4 Å². The molecule has 17 heavy (non-hydrogen) atoms. The number of rotatable bonds is 5. The van der Waals surface area contributed by atoms with E-state index in [0.29, 0.717) is 11.0 Å². The minimum atomic E-state index is 0.213. The van der Waals surface area contributed by atoms with Gasteiger partial charge in [-0.25, -0.2) is 0 Å². The highest BCUT2D eigenvalue weighted by Gasteiger charge is 2.43. The van der Waals surface area contributed by atoms with Gasteiger partial charge in [-0.2, -0.15) is 0 Å². The van der Waals surface area contributed by atoms with Crippen molar-refractivity contribution in [3.63, 3.8) is 0 Å². The van der Waals surface area contributed by atoms with Crippen LogP contribution in [0.3, 0.4) is 0 Å². The Morgan fingerprint density at radius 1 is 1.53 bits per heavy atom. The lowest BCUT2D eigenvalue weighted by Crippen LogP contribution is -2.53. The van der Waals surface area contributed by atoms with E-state index < -0.39 is 0 Å². The van der Waals surface area contributed by atoms with Crippen molar-refractivity contribution in [2.24, 2.45) is 5.73 Å². The van der Waals surface area contributed by atoms with Crippen molar-refractivity contribution in [3.05, 3.63) is 0 Å². The van der Waals surface area contributed by atoms with Gasteiger partial charge in [0.25, 0.3) is 0 Å². The number of hydrogen-bond acceptors (Lipinski definition) is 3. The molecule has 2 N–H and O–H groups in total. The van der Waals surface area contributed by atoms with Gasteiger partial charge in [0.15, 0.2) is 0 Å². The van der Waals surface area contributed by atoms with Crippen LogP contribution in [-0.2, 0) is 4.74 Å². The zero-order valence-electron chi connectivity index (χ0n) is 10.8. The summed E-state index contributed by atoms with van der Waals surface area (Å²) >= 11 is 5.06. The van der Waals surface area contributed by atoms with E-state index in [1.165, 1.54) is 25.7 Å². The third-order valence-electron chi connectivity index (χ3n) is 4.12. The summed E-state index contributed by atoms with van der Waals surface area (Å²) in [5.74, 6) is 0. The zero-order valence-corrected chi connectivity index (χ0v) is 11.6. The van der Waals surface area contributed by atoms with Crippen molar-refractivity contribution >= 4 is 17.2 Å². The molecule has 98 valence electrons. The highest BCUT2D eigenvalue weighted by molar-refractivity contribution is 7.80. The van der Waals surface area contributed by atoms with Crippen LogP contribution in [0.5, 0.6) is 0 Å². The van der Waals surface area contributed by atoms with Crippen molar-refractivity contribution in [3.8, 4) is 0 Å². The molecule has 1 atom stereocenters. The van der Waals surface area contributed by atoms with Gasteiger partial charge in [-0.3, -0.25) is 4.90 Å². The molecule has 0 amide bonds. The van der Waals surface area contributed by atoms with Crippen LogP contribution in [0.25, 0.3) is 0 Å². The summed E-state index contributed by atoms with van der Waals surface area (Å²) < 4.78 is 5.97. The normalized spacial score (nSPS) is 27.1. The molecule has 1 aliphatic heterocycles. The second-order valence-corrected chi connectivity index (χ2v) is 5.99. The molecule has 0 radical (unpaired) electrons. The first-order valence-electron chi connectivity index (χ1n) is 6.81. The molecule has 0 bridgehead atoms. The van der Waals surface area contributed by atoms with E-state index in [9.17, 15) is 0 Å². The van der Waals surface area contributed by atoms with Crippen LogP contribution in [-0.4, -0.2) is 41.2 Å². The standard InChI is InChI=1S/C13H24N2OS/c1-2-7-15(10-12(14)17)11-4-8-16-13(9-11)5-3-6-13/h11H,2-10H2,1H3,(H2,14,17). The second-order valence-electron chi connectivity index (χ2n) is 5.47. The fourth-order valence-corrected chi connectivity index (χ4v) is 3.28. The fourth-order valence-electron chi connectivity index (χ4n) is 3.11. The largest absolute Gasteiger partial charge is 0.392 e. The van der Waals surface area contributed by atoms with Gasteiger partial charge < -0.3 is 10.5 Å². The lowest BCUT2D eigenvalue weighted by Gasteiger charge is -2.49. The molecular formula is C13H24N2OS. The number of ether oxygens (including phenoxy) is 1. The third kappa shape index (κ3) is 3.18. The molecular weight excluding hydrogens is 232 g/mol. The molecule has 1 saturated heterocycles. The zero-order chi connectivity index (χ0) is 12.3. The Morgan fingerprint density at radius 3 is 2.82 bits per heavy atom. The molecule has 0 aromatic carbocycles. The van der Waals surface area contributed by atoms with E-state index in [2.05, 4.69) is 11.8 Å². The number of hydrogen-bond donors (Lipinski definition) is 1. The van der Waals surface area contributed by atoms with Gasteiger partial charge in [0.1, 0.15) is 0 Å². The molecule has 1 heterocycles. The molecule has 3 nitrogen and oxygen atoms in total. The highest BCUT2D eigenvalue weighted by Crippen LogP contribution is 2.43. The number of nitrogens with two attached hydrogens (primary N) is 1. The van der Waals surface area contributed by atoms with Gasteiger partial charge in [-0.1, -0.05) is 19.1 Å². The lowest BCUT2D eigenvalue weighted by molar-refractivity contribution is -0.147. The predicted octanol–water partition coefficient (Wildman–Crippen LogP) is 2.09. The van der Waals surface area contributed by atoms with Crippen LogP contribution in [0.2, 0.25) is 0 Å². The monoisotopic (exact) mass is 256 g/mol. The van der Waals surface area contributed by atoms with Gasteiger partial charge >= 0.3 is 0 Å². The van der Waals surface area contributed by atoms with Crippen molar-refractivity contribution in [1.82, 2.24) is 4.90 Å². The quantitative estimate of drug-likeness (QED) is 0.764. The maximum atomic E-state index is 5.97. The Hall–Kier alpha value is -0.190. The van der Waals surface area contributed by atoms with E-state index >= 15 is 0 Å². The molecule has 1 unspecified atom stereocenters. The van der Waals surface area contributed by atoms with E-state index in [4.69, 9.17) is 22.7 Å². The molecule has 1 spiro atoms. The van der Waals surface area contributed by atoms with Crippen LogP contribution in [0, 0.1) is 0 Å². The summed E-state index contributed by atoms with van der Waals surface area (Å²) in [5, 5.41) is 0. The summed E-state index contributed by atoms with van der Waals surface area (Å²) in [7, 11) is 0. The molecule has 2 fully saturated rings. The molecule has 0 aromatic rings. The SMILES string of the molecule is CCCN(CC(N)=S)C1CCOC2(CCC2)C1. The molecule has 0 aromatic heterocycles. The van der Waals surface area contributed by atoms with Crippen molar-refractivity contribution < 1.29 is 4.74 Å². The predicted molar refractivity (Wildman–Crippen MR) is 74.2 cm³/mol. The first-order chi connectivity index (χ1) is 8.15. The van der Waals surface area contributed by atoms with E-state index in [-0.39, 0.29) is 5.60 Å². The minimum absolute atomic E-state index is 0.213. The van der Waals surface area contributed by atoms with Gasteiger partial charge in [-0.15, -0.1) is 0 Å². The minimum Gasteiger partial charge on any atom is -0.392 e. The van der Waals surface area contributed by atoms with Crippen molar-refractivity contribution in [2.75, 3.05) is 19.7 Å². The molecule has 1 saturated carbocycles. The van der Waals surface area contributed by atoms with Crippen LogP contribution >= 0.6 is 12.2 Å². The van der Waals surface area contributed by atoms with Crippen LogP contribution in [0.4, 0.5) is 0 Å². The van der Waals surface area contributed by atoms with Gasteiger partial charge in [0.2, 0.25) is 0 Å². The Balaban J connectivity index is 1.94. The molecule has 2 aliphatic rings. The maximum Gasteiger partial charge on any atom is 0.0870 e. The van der Waals surface area contributed by atoms with Gasteiger partial charge in [-0.05, 0) is 45.1 Å². The summed E-state index contributed by atoms with van der Waals surface area (Å²) in [5.41, 5.74) is 5.92. The average molecular weight is 256 g/mol. The Labute approximate surface area is 110 Å². The van der Waals surface area contributed by atoms with Crippen LogP contribution < -0.4 is 5.73 Å². The van der Waals surface area contributed by atoms with Crippen molar-refractivity contribution in [2.45, 2.75) is 57.1 Å². The van der Waals surface area contributed by atoms with E-state index in [1.54, 1.807) is 0 Å². The Morgan fingerprint density at radius 2 is 2.29 bits per heavy atom. The molecule has 4 heteroatoms. The number of thiocarbonyl (C=S) groups is 1. The summed E-state index contributed by atoms with van der Waals surface area (Å²) in [6, 6.07) is 0.616. The first-order valence-corrected chi connectivity index (χ1v) is 7.22. The van der Waals surface area contributed by atoms with Gasteiger partial charge in [0.05, 0.1) is 10.6 Å². The highest BCUT2D eigenvalue weighted by atomic mass is 32.1. The van der Waals surface area contributed by atoms with Gasteiger partial charge in [0, 0.05) is 19.2 Å². The third-order valence-corrected chi connectivity index (χ3v) is 4.25. The van der Waals surface area contributed by atoms with Crippen molar-refractivity contribution in [1.29, 1.82) is 0 Å². The smallest absolute Gasteiger partial charge is 0.0870 e. The van der Waals surface area contributed by atoms with Crippen LogP contribution in [0.15, 0.2) is 0 Å². The number of nitrogens with zero attached hydrogens (tertiary/aromatic N) is 1. The topological polar surface area (TPSA) is 38.5 Å². The Kier molecular flexibility index (Phi) is 4.39. The molecule has 1 aliphatic carbocycles. The van der Waals surface area contributed by atoms with E-state index in [1.807, 2.05) is 0 Å². The second kappa shape index (κ2) is 5.63. The average Bonchev–Trinajstić information content (AvgIpc) is 2.26. The Bertz CT molecular complexity index is 279.